The molecule has 0 amide bonds. The maximum atomic E-state index is 12.8. The standard InChI is InChI=1S/C18H14O5/c1-9-7-13-14(22-9)6-5-12-16(21)11-4-2-3-10(8-15(19)20)17(11)23-18(12)13/h2-6,9H,7-8H2,1H3,(H,19,20)/t9-/m0/s1. The van der Waals surface area contributed by atoms with Crippen molar-refractivity contribution in [2.45, 2.75) is 25.9 Å². The van der Waals surface area contributed by atoms with E-state index in [0.29, 0.717) is 33.9 Å². The molecule has 1 aliphatic rings. The highest BCUT2D eigenvalue weighted by atomic mass is 16.5. The first-order valence-electron chi connectivity index (χ1n) is 7.43. The maximum absolute atomic E-state index is 12.8. The van der Waals surface area contributed by atoms with Crippen molar-refractivity contribution in [2.24, 2.45) is 0 Å². The second-order valence-electron chi connectivity index (χ2n) is 5.85. The highest BCUT2D eigenvalue weighted by Crippen LogP contribution is 2.35. The Morgan fingerprint density at radius 2 is 2.00 bits per heavy atom. The van der Waals surface area contributed by atoms with Crippen LogP contribution in [-0.4, -0.2) is 17.2 Å². The number of hydrogen-bond donors (Lipinski definition) is 1. The van der Waals surface area contributed by atoms with Crippen molar-refractivity contribution in [3.05, 3.63) is 51.7 Å². The maximum Gasteiger partial charge on any atom is 0.307 e. The SMILES string of the molecule is C[C@H]1Cc2c(ccc3c(=O)c4cccc(CC(=O)O)c4oc23)O1. The molecular weight excluding hydrogens is 296 g/mol. The summed E-state index contributed by atoms with van der Waals surface area (Å²) in [5, 5.41) is 9.97. The fourth-order valence-electron chi connectivity index (χ4n) is 3.19. The molecule has 1 atom stereocenters. The lowest BCUT2D eigenvalue weighted by molar-refractivity contribution is -0.136. The van der Waals surface area contributed by atoms with Gasteiger partial charge in [-0.25, -0.2) is 0 Å². The fourth-order valence-corrected chi connectivity index (χ4v) is 3.19. The normalized spacial score (nSPS) is 16.5. The smallest absolute Gasteiger partial charge is 0.307 e. The van der Waals surface area contributed by atoms with Crippen molar-refractivity contribution in [3.63, 3.8) is 0 Å². The molecule has 5 heteroatoms. The van der Waals surface area contributed by atoms with E-state index in [9.17, 15) is 9.59 Å². The predicted molar refractivity (Wildman–Crippen MR) is 85.1 cm³/mol. The molecule has 2 aromatic carbocycles. The minimum Gasteiger partial charge on any atom is -0.490 e. The van der Waals surface area contributed by atoms with Gasteiger partial charge in [0.05, 0.1) is 17.2 Å². The lowest BCUT2D eigenvalue weighted by Crippen LogP contribution is -2.07. The Labute approximate surface area is 131 Å². The van der Waals surface area contributed by atoms with E-state index in [1.54, 1.807) is 30.3 Å². The number of para-hydroxylation sites is 1. The zero-order valence-corrected chi connectivity index (χ0v) is 12.5. The van der Waals surface area contributed by atoms with Crippen LogP contribution in [-0.2, 0) is 17.6 Å². The minimum atomic E-state index is -0.963. The molecule has 0 saturated heterocycles. The van der Waals surface area contributed by atoms with Gasteiger partial charge in [-0.1, -0.05) is 12.1 Å². The monoisotopic (exact) mass is 310 g/mol. The van der Waals surface area contributed by atoms with Gasteiger partial charge in [0, 0.05) is 17.5 Å². The van der Waals surface area contributed by atoms with Crippen molar-refractivity contribution in [1.29, 1.82) is 0 Å². The average molecular weight is 310 g/mol. The molecule has 0 saturated carbocycles. The molecule has 0 fully saturated rings. The number of benzene rings is 2. The van der Waals surface area contributed by atoms with Gasteiger partial charge in [-0.05, 0) is 25.1 Å². The number of carboxylic acid groups (broad SMARTS) is 1. The van der Waals surface area contributed by atoms with Gasteiger partial charge in [0.2, 0.25) is 5.43 Å². The molecule has 3 aromatic rings. The van der Waals surface area contributed by atoms with Gasteiger partial charge in [-0.2, -0.15) is 0 Å². The largest absolute Gasteiger partial charge is 0.490 e. The average Bonchev–Trinajstić information content (AvgIpc) is 2.88. The highest BCUT2D eigenvalue weighted by Gasteiger charge is 2.24. The number of rotatable bonds is 2. The number of aliphatic carboxylic acids is 1. The van der Waals surface area contributed by atoms with E-state index in [2.05, 4.69) is 0 Å². The highest BCUT2D eigenvalue weighted by molar-refractivity contribution is 5.94. The first-order valence-corrected chi connectivity index (χ1v) is 7.43. The predicted octanol–water partition coefficient (Wildman–Crippen LogP) is 2.90. The van der Waals surface area contributed by atoms with Crippen LogP contribution in [0.15, 0.2) is 39.5 Å². The van der Waals surface area contributed by atoms with Crippen LogP contribution in [0.1, 0.15) is 18.1 Å². The first-order chi connectivity index (χ1) is 11.0. The lowest BCUT2D eigenvalue weighted by Gasteiger charge is -2.07. The third-order valence-electron chi connectivity index (χ3n) is 4.17. The van der Waals surface area contributed by atoms with Gasteiger partial charge < -0.3 is 14.3 Å². The number of carboxylic acids is 1. The number of carbonyl (C=O) groups is 1. The van der Waals surface area contributed by atoms with Crippen LogP contribution in [0.25, 0.3) is 21.9 Å². The summed E-state index contributed by atoms with van der Waals surface area (Å²) in [6.07, 6.45) is 0.515. The van der Waals surface area contributed by atoms with Gasteiger partial charge >= 0.3 is 5.97 Å². The van der Waals surface area contributed by atoms with Crippen molar-refractivity contribution < 1.29 is 19.1 Å². The van der Waals surface area contributed by atoms with Crippen LogP contribution in [0, 0.1) is 0 Å². The molecule has 1 N–H and O–H groups in total. The molecule has 2 heterocycles. The lowest BCUT2D eigenvalue weighted by atomic mass is 10.0. The topological polar surface area (TPSA) is 76.7 Å². The summed E-state index contributed by atoms with van der Waals surface area (Å²) in [6, 6.07) is 8.53. The molecule has 0 aliphatic carbocycles. The zero-order valence-electron chi connectivity index (χ0n) is 12.5. The zero-order chi connectivity index (χ0) is 16.1. The van der Waals surface area contributed by atoms with Crippen LogP contribution in [0.2, 0.25) is 0 Å². The van der Waals surface area contributed by atoms with Crippen molar-refractivity contribution in [1.82, 2.24) is 0 Å². The Hall–Kier alpha value is -2.82. The molecule has 1 aromatic heterocycles. The van der Waals surface area contributed by atoms with Crippen LogP contribution in [0.5, 0.6) is 5.75 Å². The Balaban J connectivity index is 2.10. The molecular formula is C18H14O5. The van der Waals surface area contributed by atoms with Gasteiger partial charge in [0.25, 0.3) is 0 Å². The summed E-state index contributed by atoms with van der Waals surface area (Å²) in [4.78, 5) is 23.8. The van der Waals surface area contributed by atoms with E-state index >= 15 is 0 Å². The van der Waals surface area contributed by atoms with Gasteiger partial charge in [0.15, 0.2) is 0 Å². The quantitative estimate of drug-likeness (QED) is 0.736. The summed E-state index contributed by atoms with van der Waals surface area (Å²) in [6.45, 7) is 1.96. The van der Waals surface area contributed by atoms with Gasteiger partial charge in [-0.15, -0.1) is 0 Å². The van der Waals surface area contributed by atoms with E-state index in [4.69, 9.17) is 14.3 Å². The molecule has 0 unspecified atom stereocenters. The molecule has 23 heavy (non-hydrogen) atoms. The van der Waals surface area contributed by atoms with E-state index in [1.165, 1.54) is 0 Å². The van der Waals surface area contributed by atoms with Crippen LogP contribution >= 0.6 is 0 Å². The summed E-state index contributed by atoms with van der Waals surface area (Å²) in [5.41, 5.74) is 2.08. The molecule has 5 nitrogen and oxygen atoms in total. The van der Waals surface area contributed by atoms with E-state index in [1.807, 2.05) is 6.92 Å². The Kier molecular flexibility index (Phi) is 2.91. The first kappa shape index (κ1) is 13.8. The molecule has 0 radical (unpaired) electrons. The Bertz CT molecular complexity index is 1020. The third kappa shape index (κ3) is 2.08. The van der Waals surface area contributed by atoms with Crippen LogP contribution in [0.3, 0.4) is 0 Å². The fraction of sp³-hybridized carbons (Fsp3) is 0.222. The summed E-state index contributed by atoms with van der Waals surface area (Å²) >= 11 is 0. The van der Waals surface area contributed by atoms with Crippen LogP contribution < -0.4 is 10.2 Å². The molecule has 1 aliphatic heterocycles. The molecule has 116 valence electrons. The van der Waals surface area contributed by atoms with E-state index in [-0.39, 0.29) is 18.0 Å². The molecule has 0 spiro atoms. The number of ether oxygens (including phenoxy) is 1. The molecule has 4 rings (SSSR count). The van der Waals surface area contributed by atoms with Gasteiger partial charge in [-0.3, -0.25) is 9.59 Å². The number of fused-ring (bicyclic) bond motifs is 4. The van der Waals surface area contributed by atoms with E-state index in [0.717, 1.165) is 11.3 Å². The summed E-state index contributed by atoms with van der Waals surface area (Å²) < 4.78 is 11.7. The summed E-state index contributed by atoms with van der Waals surface area (Å²) in [7, 11) is 0. The van der Waals surface area contributed by atoms with Crippen LogP contribution in [0.4, 0.5) is 0 Å². The van der Waals surface area contributed by atoms with Crippen molar-refractivity contribution in [2.75, 3.05) is 0 Å². The van der Waals surface area contributed by atoms with E-state index < -0.39 is 5.97 Å². The van der Waals surface area contributed by atoms with Crippen molar-refractivity contribution >= 4 is 27.9 Å². The van der Waals surface area contributed by atoms with Crippen molar-refractivity contribution in [3.8, 4) is 5.75 Å². The van der Waals surface area contributed by atoms with Gasteiger partial charge in [0.1, 0.15) is 23.0 Å². The second-order valence-corrected chi connectivity index (χ2v) is 5.85. The second kappa shape index (κ2) is 4.84. The summed E-state index contributed by atoms with van der Waals surface area (Å²) in [5.74, 6) is -0.237. The molecule has 0 bridgehead atoms. The number of hydrogen-bond acceptors (Lipinski definition) is 4. The Morgan fingerprint density at radius 3 is 2.78 bits per heavy atom. The Morgan fingerprint density at radius 1 is 1.22 bits per heavy atom. The minimum absolute atomic E-state index is 0.0332. The third-order valence-corrected chi connectivity index (χ3v) is 4.17.